The molecular formula is C14H16BrN3O3S. The number of nitrogens with zero attached hydrogens (tertiary/aromatic N) is 1. The second-order valence-electron chi connectivity index (χ2n) is 4.33. The van der Waals surface area contributed by atoms with Crippen molar-refractivity contribution in [2.75, 3.05) is 14.2 Å². The third kappa shape index (κ3) is 3.76. The summed E-state index contributed by atoms with van der Waals surface area (Å²) in [5.41, 5.74) is 6.75. The van der Waals surface area contributed by atoms with Crippen LogP contribution in [-0.4, -0.2) is 25.1 Å². The van der Waals surface area contributed by atoms with Gasteiger partial charge in [0.1, 0.15) is 10.7 Å². The van der Waals surface area contributed by atoms with E-state index in [1.807, 2.05) is 12.1 Å². The topological polar surface area (TPSA) is 86.5 Å². The van der Waals surface area contributed by atoms with Crippen LogP contribution in [0.3, 0.4) is 0 Å². The Morgan fingerprint density at radius 3 is 2.77 bits per heavy atom. The van der Waals surface area contributed by atoms with Crippen molar-refractivity contribution in [2.24, 2.45) is 5.73 Å². The van der Waals surface area contributed by atoms with Crippen LogP contribution in [0.1, 0.15) is 21.1 Å². The second kappa shape index (κ2) is 7.57. The van der Waals surface area contributed by atoms with E-state index in [2.05, 4.69) is 26.2 Å². The fraction of sp³-hybridized carbons (Fsp3) is 0.286. The van der Waals surface area contributed by atoms with Crippen LogP contribution in [0.2, 0.25) is 0 Å². The van der Waals surface area contributed by atoms with Crippen molar-refractivity contribution in [2.45, 2.75) is 13.1 Å². The minimum absolute atomic E-state index is 0.234. The quantitative estimate of drug-likeness (QED) is 0.796. The highest BCUT2D eigenvalue weighted by Crippen LogP contribution is 2.36. The molecule has 2 rings (SSSR count). The number of benzene rings is 1. The van der Waals surface area contributed by atoms with E-state index >= 15 is 0 Å². The first-order valence-electron chi connectivity index (χ1n) is 6.42. The molecule has 0 aliphatic heterocycles. The SMILES string of the molecule is COc1cc(CNC(=O)c2csc(CN)n2)cc(Br)c1OC. The van der Waals surface area contributed by atoms with Crippen LogP contribution in [0.5, 0.6) is 11.5 Å². The lowest BCUT2D eigenvalue weighted by atomic mass is 10.2. The highest BCUT2D eigenvalue weighted by Gasteiger charge is 2.13. The molecule has 0 aliphatic carbocycles. The Hall–Kier alpha value is -1.64. The maximum Gasteiger partial charge on any atom is 0.271 e. The third-order valence-electron chi connectivity index (χ3n) is 2.91. The van der Waals surface area contributed by atoms with Crippen LogP contribution in [0, 0.1) is 0 Å². The van der Waals surface area contributed by atoms with Crippen molar-refractivity contribution >= 4 is 33.2 Å². The largest absolute Gasteiger partial charge is 0.493 e. The van der Waals surface area contributed by atoms with Crippen molar-refractivity contribution in [3.63, 3.8) is 0 Å². The molecule has 0 saturated heterocycles. The number of rotatable bonds is 6. The van der Waals surface area contributed by atoms with E-state index in [1.165, 1.54) is 11.3 Å². The predicted molar refractivity (Wildman–Crippen MR) is 88.4 cm³/mol. The lowest BCUT2D eigenvalue weighted by Gasteiger charge is -2.12. The predicted octanol–water partition coefficient (Wildman–Crippen LogP) is 2.31. The molecule has 1 aromatic carbocycles. The zero-order valence-corrected chi connectivity index (χ0v) is 14.6. The van der Waals surface area contributed by atoms with E-state index in [9.17, 15) is 4.79 Å². The number of nitrogens with two attached hydrogens (primary N) is 1. The van der Waals surface area contributed by atoms with Crippen molar-refractivity contribution in [3.05, 3.63) is 38.3 Å². The summed E-state index contributed by atoms with van der Waals surface area (Å²) < 4.78 is 11.3. The first-order valence-corrected chi connectivity index (χ1v) is 8.09. The van der Waals surface area contributed by atoms with Gasteiger partial charge < -0.3 is 20.5 Å². The van der Waals surface area contributed by atoms with Crippen molar-refractivity contribution in [3.8, 4) is 11.5 Å². The molecule has 0 saturated carbocycles. The Morgan fingerprint density at radius 1 is 1.41 bits per heavy atom. The second-order valence-corrected chi connectivity index (χ2v) is 6.12. The van der Waals surface area contributed by atoms with Crippen molar-refractivity contribution in [1.82, 2.24) is 10.3 Å². The van der Waals surface area contributed by atoms with E-state index in [0.29, 0.717) is 30.3 Å². The molecular weight excluding hydrogens is 370 g/mol. The molecule has 0 radical (unpaired) electrons. The van der Waals surface area contributed by atoms with Gasteiger partial charge >= 0.3 is 0 Å². The van der Waals surface area contributed by atoms with Gasteiger partial charge in [-0.2, -0.15) is 0 Å². The van der Waals surface area contributed by atoms with Crippen LogP contribution < -0.4 is 20.5 Å². The lowest BCUT2D eigenvalue weighted by molar-refractivity contribution is 0.0946. The maximum atomic E-state index is 12.0. The number of methoxy groups -OCH3 is 2. The number of thiazole rings is 1. The molecule has 6 nitrogen and oxygen atoms in total. The Kier molecular flexibility index (Phi) is 5.76. The Bertz CT molecular complexity index is 675. The summed E-state index contributed by atoms with van der Waals surface area (Å²) in [6.45, 7) is 0.688. The normalized spacial score (nSPS) is 10.4. The number of nitrogens with one attached hydrogen (secondary N) is 1. The average molecular weight is 386 g/mol. The molecule has 8 heteroatoms. The number of amides is 1. The van der Waals surface area contributed by atoms with Crippen LogP contribution in [0.15, 0.2) is 22.0 Å². The molecule has 0 fully saturated rings. The van der Waals surface area contributed by atoms with Gasteiger partial charge in [0.05, 0.1) is 18.7 Å². The summed E-state index contributed by atoms with van der Waals surface area (Å²) >= 11 is 4.79. The van der Waals surface area contributed by atoms with E-state index in [4.69, 9.17) is 15.2 Å². The molecule has 3 N–H and O–H groups in total. The highest BCUT2D eigenvalue weighted by atomic mass is 79.9. The summed E-state index contributed by atoms with van der Waals surface area (Å²) in [7, 11) is 3.14. The number of aromatic nitrogens is 1. The molecule has 22 heavy (non-hydrogen) atoms. The van der Waals surface area contributed by atoms with E-state index < -0.39 is 0 Å². The summed E-state index contributed by atoms with van der Waals surface area (Å²) in [6.07, 6.45) is 0. The van der Waals surface area contributed by atoms with Crippen LogP contribution >= 0.6 is 27.3 Å². The van der Waals surface area contributed by atoms with Crippen molar-refractivity contribution in [1.29, 1.82) is 0 Å². The van der Waals surface area contributed by atoms with Crippen LogP contribution in [0.25, 0.3) is 0 Å². The molecule has 2 aromatic rings. The molecule has 0 spiro atoms. The fourth-order valence-corrected chi connectivity index (χ4v) is 3.16. The monoisotopic (exact) mass is 385 g/mol. The highest BCUT2D eigenvalue weighted by molar-refractivity contribution is 9.10. The third-order valence-corrected chi connectivity index (χ3v) is 4.37. The lowest BCUT2D eigenvalue weighted by Crippen LogP contribution is -2.23. The molecule has 1 aromatic heterocycles. The van der Waals surface area contributed by atoms with Crippen molar-refractivity contribution < 1.29 is 14.3 Å². The van der Waals surface area contributed by atoms with Crippen LogP contribution in [-0.2, 0) is 13.1 Å². The Balaban J connectivity index is 2.08. The van der Waals surface area contributed by atoms with E-state index in [0.717, 1.165) is 15.0 Å². The number of carbonyl (C=O) groups is 1. The van der Waals surface area contributed by atoms with Gasteiger partial charge in [-0.1, -0.05) is 0 Å². The van der Waals surface area contributed by atoms with E-state index in [-0.39, 0.29) is 5.91 Å². The summed E-state index contributed by atoms with van der Waals surface area (Å²) in [6, 6.07) is 3.68. The number of carbonyl (C=O) groups excluding carboxylic acids is 1. The van der Waals surface area contributed by atoms with Gasteiger partial charge in [-0.15, -0.1) is 11.3 Å². The minimum atomic E-state index is -0.234. The number of halogens is 1. The smallest absolute Gasteiger partial charge is 0.271 e. The Labute approximate surface area is 140 Å². The molecule has 0 atom stereocenters. The fourth-order valence-electron chi connectivity index (χ4n) is 1.86. The first kappa shape index (κ1) is 16.7. The van der Waals surface area contributed by atoms with Gasteiger partial charge in [0.25, 0.3) is 5.91 Å². The number of hydrogen-bond acceptors (Lipinski definition) is 6. The van der Waals surface area contributed by atoms with E-state index in [1.54, 1.807) is 19.6 Å². The van der Waals surface area contributed by atoms with Gasteiger partial charge in [-0.05, 0) is 33.6 Å². The van der Waals surface area contributed by atoms with Gasteiger partial charge in [-0.25, -0.2) is 4.98 Å². The Morgan fingerprint density at radius 2 is 2.18 bits per heavy atom. The van der Waals surface area contributed by atoms with Gasteiger partial charge in [0.15, 0.2) is 11.5 Å². The molecule has 1 amide bonds. The maximum absolute atomic E-state index is 12.0. The van der Waals surface area contributed by atoms with Gasteiger partial charge in [0, 0.05) is 18.5 Å². The van der Waals surface area contributed by atoms with Gasteiger partial charge in [0.2, 0.25) is 0 Å². The molecule has 0 unspecified atom stereocenters. The molecule has 118 valence electrons. The van der Waals surface area contributed by atoms with Gasteiger partial charge in [-0.3, -0.25) is 4.79 Å². The average Bonchev–Trinajstić information content (AvgIpc) is 3.01. The van der Waals surface area contributed by atoms with Crippen LogP contribution in [0.4, 0.5) is 0 Å². The first-order chi connectivity index (χ1) is 10.6. The zero-order chi connectivity index (χ0) is 16.1. The summed E-state index contributed by atoms with van der Waals surface area (Å²) in [5.74, 6) is 0.978. The summed E-state index contributed by atoms with van der Waals surface area (Å²) in [5, 5.41) is 5.25. The molecule has 0 aliphatic rings. The molecule has 1 heterocycles. The molecule has 0 bridgehead atoms. The number of hydrogen-bond donors (Lipinski definition) is 2. The number of ether oxygens (including phenoxy) is 2. The standard InChI is InChI=1S/C14H16BrN3O3S/c1-20-11-4-8(3-9(15)13(11)21-2)6-17-14(19)10-7-22-12(5-16)18-10/h3-4,7H,5-6,16H2,1-2H3,(H,17,19). The summed E-state index contributed by atoms with van der Waals surface area (Å²) in [4.78, 5) is 16.2. The minimum Gasteiger partial charge on any atom is -0.493 e. The zero-order valence-electron chi connectivity index (χ0n) is 12.2.